The predicted molar refractivity (Wildman–Crippen MR) is 141 cm³/mol. The molecule has 3 aliphatic rings. The molecule has 4 atom stereocenters. The highest BCUT2D eigenvalue weighted by Gasteiger charge is 2.52. The third-order valence-corrected chi connectivity index (χ3v) is 9.36. The average molecular weight is 602 g/mol. The van der Waals surface area contributed by atoms with Gasteiger partial charge in [0.25, 0.3) is 0 Å². The lowest BCUT2D eigenvalue weighted by atomic mass is 9.78. The molecule has 0 saturated carbocycles. The van der Waals surface area contributed by atoms with Gasteiger partial charge in [-0.1, -0.05) is 6.07 Å². The zero-order valence-corrected chi connectivity index (χ0v) is 23.7. The Morgan fingerprint density at radius 1 is 1.02 bits per heavy atom. The van der Waals surface area contributed by atoms with E-state index in [1.165, 1.54) is 31.0 Å². The molecule has 2 amide bonds. The normalized spacial score (nSPS) is 25.9. The van der Waals surface area contributed by atoms with E-state index in [4.69, 9.17) is 4.74 Å². The van der Waals surface area contributed by atoms with Gasteiger partial charge in [-0.25, -0.2) is 9.18 Å². The Balaban J connectivity index is 1.47. The van der Waals surface area contributed by atoms with Gasteiger partial charge in [0.15, 0.2) is 0 Å². The van der Waals surface area contributed by atoms with E-state index in [0.29, 0.717) is 50.3 Å². The van der Waals surface area contributed by atoms with Gasteiger partial charge in [0, 0.05) is 31.7 Å². The molecule has 0 aliphatic carbocycles. The third-order valence-electron chi connectivity index (χ3n) is 9.36. The standard InChI is InChI=1S/C30H34F7N3O2/c1-18-12-23(31)4-5-25(18)26-16-28(7-6-24-17-42-11-10-40(24)28)8-9-39(26)27(41)38(3)19(2)20-13-21(29(32,33)34)15-22(14-20)30(35,36)37/h4-5,12-15,19,24,26H,6-11,16-17H2,1-3H3/t19-,24-,26-,28+/m1/s1. The fourth-order valence-electron chi connectivity index (χ4n) is 6.97. The molecular weight excluding hydrogens is 567 g/mol. The number of urea groups is 1. The maximum atomic E-state index is 14.1. The first-order valence-electron chi connectivity index (χ1n) is 14.0. The second kappa shape index (κ2) is 11.0. The molecule has 3 saturated heterocycles. The zero-order chi connectivity index (χ0) is 30.6. The number of hydrogen-bond acceptors (Lipinski definition) is 3. The fourth-order valence-corrected chi connectivity index (χ4v) is 6.97. The Morgan fingerprint density at radius 3 is 2.31 bits per heavy atom. The molecule has 1 spiro atoms. The van der Waals surface area contributed by atoms with Crippen LogP contribution in [-0.2, 0) is 17.1 Å². The number of nitrogens with zero attached hydrogens (tertiary/aromatic N) is 3. The summed E-state index contributed by atoms with van der Waals surface area (Å²) in [7, 11) is 1.38. The van der Waals surface area contributed by atoms with Crippen molar-refractivity contribution in [2.24, 2.45) is 0 Å². The highest BCUT2D eigenvalue weighted by Crippen LogP contribution is 2.49. The molecule has 12 heteroatoms. The molecule has 42 heavy (non-hydrogen) atoms. The molecule has 2 aromatic carbocycles. The van der Waals surface area contributed by atoms with E-state index < -0.39 is 47.4 Å². The van der Waals surface area contributed by atoms with Gasteiger partial charge >= 0.3 is 18.4 Å². The minimum Gasteiger partial charge on any atom is -0.378 e. The van der Waals surface area contributed by atoms with Crippen molar-refractivity contribution in [3.8, 4) is 0 Å². The summed E-state index contributed by atoms with van der Waals surface area (Å²) in [5.41, 5.74) is -1.90. The van der Waals surface area contributed by atoms with Crippen molar-refractivity contribution >= 4 is 6.03 Å². The maximum Gasteiger partial charge on any atom is 0.416 e. The topological polar surface area (TPSA) is 36.0 Å². The van der Waals surface area contributed by atoms with Crippen LogP contribution in [0.5, 0.6) is 0 Å². The summed E-state index contributed by atoms with van der Waals surface area (Å²) in [4.78, 5) is 19.3. The fraction of sp³-hybridized carbons (Fsp3) is 0.567. The van der Waals surface area contributed by atoms with E-state index in [1.54, 1.807) is 17.9 Å². The van der Waals surface area contributed by atoms with Gasteiger partial charge in [0.05, 0.1) is 36.4 Å². The van der Waals surface area contributed by atoms with E-state index in [2.05, 4.69) is 4.90 Å². The number of likely N-dealkylation sites (tertiary alicyclic amines) is 1. The van der Waals surface area contributed by atoms with Gasteiger partial charge in [0.2, 0.25) is 0 Å². The number of benzene rings is 2. The zero-order valence-electron chi connectivity index (χ0n) is 23.7. The number of morpholine rings is 1. The smallest absolute Gasteiger partial charge is 0.378 e. The molecule has 2 aromatic rings. The Bertz CT molecular complexity index is 1300. The first-order chi connectivity index (χ1) is 19.6. The number of ether oxygens (including phenoxy) is 1. The monoisotopic (exact) mass is 601 g/mol. The van der Waals surface area contributed by atoms with Crippen molar-refractivity contribution < 1.29 is 40.3 Å². The molecule has 0 aromatic heterocycles. The maximum absolute atomic E-state index is 14.1. The molecule has 230 valence electrons. The first kappa shape index (κ1) is 30.6. The number of piperidine rings is 1. The minimum atomic E-state index is -5.00. The largest absolute Gasteiger partial charge is 0.416 e. The third kappa shape index (κ3) is 5.71. The predicted octanol–water partition coefficient (Wildman–Crippen LogP) is 7.36. The summed E-state index contributed by atoms with van der Waals surface area (Å²) in [6.45, 7) is 5.52. The molecule has 5 rings (SSSR count). The van der Waals surface area contributed by atoms with Gasteiger partial charge in [0.1, 0.15) is 5.82 Å². The number of carbonyl (C=O) groups is 1. The quantitative estimate of drug-likeness (QED) is 0.345. The van der Waals surface area contributed by atoms with E-state index >= 15 is 0 Å². The average Bonchev–Trinajstić information content (AvgIpc) is 3.28. The van der Waals surface area contributed by atoms with Crippen LogP contribution in [0.2, 0.25) is 0 Å². The Kier molecular flexibility index (Phi) is 8.02. The number of hydrogen-bond donors (Lipinski definition) is 0. The minimum absolute atomic E-state index is 0.0793. The number of amides is 2. The first-order valence-corrected chi connectivity index (χ1v) is 14.0. The van der Waals surface area contributed by atoms with Crippen molar-refractivity contribution in [1.82, 2.24) is 14.7 Å². The number of halogens is 7. The van der Waals surface area contributed by atoms with Crippen LogP contribution in [0.25, 0.3) is 0 Å². The lowest BCUT2D eigenvalue weighted by Crippen LogP contribution is -2.59. The highest BCUT2D eigenvalue weighted by molar-refractivity contribution is 5.75. The number of rotatable bonds is 3. The Morgan fingerprint density at radius 2 is 1.69 bits per heavy atom. The van der Waals surface area contributed by atoms with E-state index in [-0.39, 0.29) is 23.2 Å². The molecule has 3 fully saturated rings. The number of carbonyl (C=O) groups excluding carboxylic acids is 1. The van der Waals surface area contributed by atoms with E-state index in [1.807, 2.05) is 0 Å². The van der Waals surface area contributed by atoms with Crippen LogP contribution in [0.4, 0.5) is 35.5 Å². The van der Waals surface area contributed by atoms with Crippen LogP contribution in [0.1, 0.15) is 72.5 Å². The van der Waals surface area contributed by atoms with Gasteiger partial charge in [-0.05, 0) is 86.6 Å². The number of alkyl halides is 6. The van der Waals surface area contributed by atoms with Crippen molar-refractivity contribution in [2.45, 2.75) is 75.5 Å². The number of fused-ring (bicyclic) bond motifs is 2. The summed E-state index contributed by atoms with van der Waals surface area (Å²) in [5.74, 6) is -0.412. The Labute approximate surface area is 240 Å². The number of aryl methyl sites for hydroxylation is 1. The van der Waals surface area contributed by atoms with Crippen LogP contribution in [0.15, 0.2) is 36.4 Å². The van der Waals surface area contributed by atoms with Gasteiger partial charge < -0.3 is 14.5 Å². The second-order valence-electron chi connectivity index (χ2n) is 11.8. The summed E-state index contributed by atoms with van der Waals surface area (Å²) < 4.78 is 101. The van der Waals surface area contributed by atoms with Gasteiger partial charge in [-0.3, -0.25) is 4.90 Å². The summed E-state index contributed by atoms with van der Waals surface area (Å²) in [5, 5.41) is 0. The molecule has 0 N–H and O–H groups in total. The van der Waals surface area contributed by atoms with Gasteiger partial charge in [-0.2, -0.15) is 26.3 Å². The lowest BCUT2D eigenvalue weighted by molar-refractivity contribution is -0.143. The van der Waals surface area contributed by atoms with Crippen LogP contribution in [0.3, 0.4) is 0 Å². The van der Waals surface area contributed by atoms with Crippen LogP contribution < -0.4 is 0 Å². The summed E-state index contributed by atoms with van der Waals surface area (Å²) in [6.07, 6.45) is -6.89. The molecular formula is C30H34F7N3O2. The van der Waals surface area contributed by atoms with Crippen molar-refractivity contribution in [2.75, 3.05) is 33.4 Å². The molecule has 3 heterocycles. The van der Waals surface area contributed by atoms with Crippen molar-refractivity contribution in [3.63, 3.8) is 0 Å². The molecule has 0 unspecified atom stereocenters. The summed E-state index contributed by atoms with van der Waals surface area (Å²) >= 11 is 0. The van der Waals surface area contributed by atoms with Gasteiger partial charge in [-0.15, -0.1) is 0 Å². The molecule has 0 radical (unpaired) electrons. The molecule has 3 aliphatic heterocycles. The van der Waals surface area contributed by atoms with Crippen molar-refractivity contribution in [1.29, 1.82) is 0 Å². The SMILES string of the molecule is Cc1cc(F)ccc1[C@H]1C[C@]2(CC[C@@H]3COCCN32)CCN1C(=O)N(C)[C@H](C)c1cc(C(F)(F)F)cc(C(F)(F)F)c1. The lowest BCUT2D eigenvalue weighted by Gasteiger charge is -2.52. The van der Waals surface area contributed by atoms with Crippen LogP contribution in [0, 0.1) is 12.7 Å². The second-order valence-corrected chi connectivity index (χ2v) is 11.8. The van der Waals surface area contributed by atoms with Crippen LogP contribution in [-0.4, -0.2) is 65.7 Å². The highest BCUT2D eigenvalue weighted by atomic mass is 19.4. The van der Waals surface area contributed by atoms with Crippen molar-refractivity contribution in [3.05, 3.63) is 70.0 Å². The van der Waals surface area contributed by atoms with E-state index in [9.17, 15) is 35.5 Å². The van der Waals surface area contributed by atoms with E-state index in [0.717, 1.165) is 24.9 Å². The molecule has 0 bridgehead atoms. The Hall–Kier alpha value is -2.86. The summed E-state index contributed by atoms with van der Waals surface area (Å²) in [6, 6.07) is 4.00. The molecule has 5 nitrogen and oxygen atoms in total. The van der Waals surface area contributed by atoms with Crippen LogP contribution >= 0.6 is 0 Å².